The maximum atomic E-state index is 12.6. The average molecular weight is 359 g/mol. The SMILES string of the molecule is CCCCNC(=O)C1CCN(S(=O)(=O)c2ccc(CC)s2)CC1. The Kier molecular flexibility index (Phi) is 6.61. The highest BCUT2D eigenvalue weighted by Gasteiger charge is 2.32. The van der Waals surface area contributed by atoms with E-state index in [0.717, 1.165) is 24.1 Å². The van der Waals surface area contributed by atoms with E-state index in [9.17, 15) is 13.2 Å². The van der Waals surface area contributed by atoms with Gasteiger partial charge in [0.2, 0.25) is 5.91 Å². The van der Waals surface area contributed by atoms with Crippen molar-refractivity contribution < 1.29 is 13.2 Å². The molecule has 5 nitrogen and oxygen atoms in total. The second-order valence-electron chi connectivity index (χ2n) is 5.90. The third-order valence-electron chi connectivity index (χ3n) is 4.23. The number of thiophene rings is 1. The van der Waals surface area contributed by atoms with Crippen LogP contribution in [0.4, 0.5) is 0 Å². The summed E-state index contributed by atoms with van der Waals surface area (Å²) in [5.41, 5.74) is 0. The lowest BCUT2D eigenvalue weighted by Gasteiger charge is -2.30. The van der Waals surface area contributed by atoms with Gasteiger partial charge in [-0.1, -0.05) is 20.3 Å². The van der Waals surface area contributed by atoms with Crippen molar-refractivity contribution in [2.75, 3.05) is 19.6 Å². The van der Waals surface area contributed by atoms with Gasteiger partial charge in [0.15, 0.2) is 0 Å². The smallest absolute Gasteiger partial charge is 0.252 e. The minimum atomic E-state index is -3.40. The van der Waals surface area contributed by atoms with Crippen molar-refractivity contribution in [3.63, 3.8) is 0 Å². The first-order chi connectivity index (χ1) is 11.0. The molecule has 1 aromatic rings. The third kappa shape index (κ3) is 4.55. The minimum Gasteiger partial charge on any atom is -0.356 e. The molecule has 1 aliphatic heterocycles. The molecule has 2 heterocycles. The lowest BCUT2D eigenvalue weighted by Crippen LogP contribution is -2.42. The number of nitrogens with zero attached hydrogens (tertiary/aromatic N) is 1. The Balaban J connectivity index is 1.91. The van der Waals surface area contributed by atoms with Gasteiger partial charge in [0, 0.05) is 30.4 Å². The number of hydrogen-bond acceptors (Lipinski definition) is 4. The van der Waals surface area contributed by atoms with Crippen molar-refractivity contribution in [3.8, 4) is 0 Å². The highest BCUT2D eigenvalue weighted by atomic mass is 32.2. The fourth-order valence-corrected chi connectivity index (χ4v) is 5.62. The molecule has 1 N–H and O–H groups in total. The van der Waals surface area contributed by atoms with Gasteiger partial charge >= 0.3 is 0 Å². The van der Waals surface area contributed by atoms with Crippen molar-refractivity contribution in [1.29, 1.82) is 0 Å². The summed E-state index contributed by atoms with van der Waals surface area (Å²) in [6, 6.07) is 3.58. The summed E-state index contributed by atoms with van der Waals surface area (Å²) < 4.78 is 27.2. The van der Waals surface area contributed by atoms with Crippen LogP contribution in [-0.2, 0) is 21.2 Å². The van der Waals surface area contributed by atoms with Gasteiger partial charge in [0.1, 0.15) is 4.21 Å². The maximum absolute atomic E-state index is 12.6. The van der Waals surface area contributed by atoms with Crippen LogP contribution in [0.25, 0.3) is 0 Å². The largest absolute Gasteiger partial charge is 0.356 e. The molecule has 0 spiro atoms. The highest BCUT2D eigenvalue weighted by molar-refractivity contribution is 7.91. The monoisotopic (exact) mass is 358 g/mol. The third-order valence-corrected chi connectivity index (χ3v) is 7.83. The number of carbonyl (C=O) groups excluding carboxylic acids is 1. The van der Waals surface area contributed by atoms with Crippen LogP contribution >= 0.6 is 11.3 Å². The summed E-state index contributed by atoms with van der Waals surface area (Å²) in [5.74, 6) is 0.00716. The fraction of sp³-hybridized carbons (Fsp3) is 0.688. The summed E-state index contributed by atoms with van der Waals surface area (Å²) in [6.07, 6.45) is 4.08. The molecule has 0 atom stereocenters. The maximum Gasteiger partial charge on any atom is 0.252 e. The Labute approximate surface area is 143 Å². The molecule has 0 bridgehead atoms. The molecule has 2 rings (SSSR count). The average Bonchev–Trinajstić information content (AvgIpc) is 3.05. The Morgan fingerprint density at radius 2 is 2.00 bits per heavy atom. The van der Waals surface area contributed by atoms with E-state index in [1.54, 1.807) is 6.07 Å². The molecule has 130 valence electrons. The summed E-state index contributed by atoms with van der Waals surface area (Å²) >= 11 is 1.35. The Morgan fingerprint density at radius 3 is 2.57 bits per heavy atom. The Hall–Kier alpha value is -0.920. The normalized spacial score (nSPS) is 17.3. The standard InChI is InChI=1S/C16H26N2O3S2/c1-3-5-10-17-16(19)13-8-11-18(12-9-13)23(20,21)15-7-6-14(4-2)22-15/h6-7,13H,3-5,8-12H2,1-2H3,(H,17,19). The van der Waals surface area contributed by atoms with E-state index in [4.69, 9.17) is 0 Å². The quantitative estimate of drug-likeness (QED) is 0.762. The van der Waals surface area contributed by atoms with Crippen molar-refractivity contribution >= 4 is 27.3 Å². The van der Waals surface area contributed by atoms with Crippen molar-refractivity contribution in [1.82, 2.24) is 9.62 Å². The zero-order valence-electron chi connectivity index (χ0n) is 13.9. The number of carbonyl (C=O) groups is 1. The van der Waals surface area contributed by atoms with Crippen LogP contribution in [-0.4, -0.2) is 38.3 Å². The number of unbranched alkanes of at least 4 members (excludes halogenated alkanes) is 1. The van der Waals surface area contributed by atoms with Crippen LogP contribution in [0.3, 0.4) is 0 Å². The van der Waals surface area contributed by atoms with Crippen molar-refractivity contribution in [2.45, 2.75) is 50.2 Å². The molecule has 0 saturated carbocycles. The van der Waals surface area contributed by atoms with Crippen LogP contribution in [0, 0.1) is 5.92 Å². The van der Waals surface area contributed by atoms with Gasteiger partial charge in [-0.05, 0) is 37.8 Å². The van der Waals surface area contributed by atoms with Gasteiger partial charge in [-0.3, -0.25) is 4.79 Å². The molecule has 0 aliphatic carbocycles. The molecular weight excluding hydrogens is 332 g/mol. The Bertz CT molecular complexity index is 617. The number of nitrogens with one attached hydrogen (secondary N) is 1. The van der Waals surface area contributed by atoms with Gasteiger partial charge in [-0.2, -0.15) is 4.31 Å². The van der Waals surface area contributed by atoms with Gasteiger partial charge in [0.05, 0.1) is 0 Å². The minimum absolute atomic E-state index is 0.0622. The molecule has 23 heavy (non-hydrogen) atoms. The van der Waals surface area contributed by atoms with Gasteiger partial charge in [-0.25, -0.2) is 8.42 Å². The van der Waals surface area contributed by atoms with E-state index in [1.165, 1.54) is 15.6 Å². The summed E-state index contributed by atoms with van der Waals surface area (Å²) in [7, 11) is -3.40. The zero-order valence-corrected chi connectivity index (χ0v) is 15.5. The van der Waals surface area contributed by atoms with Gasteiger partial charge in [-0.15, -0.1) is 11.3 Å². The number of aryl methyl sites for hydroxylation is 1. The predicted octanol–water partition coefficient (Wildman–Crippen LogP) is 2.63. The number of hydrogen-bond donors (Lipinski definition) is 1. The summed E-state index contributed by atoms with van der Waals surface area (Å²) in [6.45, 7) is 5.67. The fourth-order valence-electron chi connectivity index (χ4n) is 2.71. The topological polar surface area (TPSA) is 66.5 Å². The van der Waals surface area contributed by atoms with Crippen LogP contribution in [0.2, 0.25) is 0 Å². The lowest BCUT2D eigenvalue weighted by atomic mass is 9.97. The van der Waals surface area contributed by atoms with Crippen LogP contribution in [0.15, 0.2) is 16.3 Å². The molecule has 0 unspecified atom stereocenters. The number of rotatable bonds is 7. The van der Waals surface area contributed by atoms with Crippen LogP contribution in [0.1, 0.15) is 44.4 Å². The molecule has 1 amide bonds. The molecule has 1 aromatic heterocycles. The second kappa shape index (κ2) is 8.26. The van der Waals surface area contributed by atoms with E-state index < -0.39 is 10.0 Å². The van der Waals surface area contributed by atoms with Crippen molar-refractivity contribution in [2.24, 2.45) is 5.92 Å². The first kappa shape index (κ1) is 18.4. The van der Waals surface area contributed by atoms with E-state index in [1.807, 2.05) is 13.0 Å². The number of piperidine rings is 1. The summed E-state index contributed by atoms with van der Waals surface area (Å²) in [5, 5.41) is 2.94. The molecule has 7 heteroatoms. The van der Waals surface area contributed by atoms with Crippen LogP contribution < -0.4 is 5.32 Å². The second-order valence-corrected chi connectivity index (χ2v) is 9.23. The van der Waals surface area contributed by atoms with Gasteiger partial charge in [0.25, 0.3) is 10.0 Å². The molecule has 1 fully saturated rings. The van der Waals surface area contributed by atoms with Crippen molar-refractivity contribution in [3.05, 3.63) is 17.0 Å². The number of amides is 1. The molecule has 0 radical (unpaired) electrons. The predicted molar refractivity (Wildman–Crippen MR) is 93.1 cm³/mol. The van der Waals surface area contributed by atoms with E-state index >= 15 is 0 Å². The van der Waals surface area contributed by atoms with E-state index in [-0.39, 0.29) is 11.8 Å². The van der Waals surface area contributed by atoms with Crippen LogP contribution in [0.5, 0.6) is 0 Å². The molecule has 1 aliphatic rings. The van der Waals surface area contributed by atoms with E-state index in [0.29, 0.717) is 36.7 Å². The first-order valence-corrected chi connectivity index (χ1v) is 10.6. The molecule has 1 saturated heterocycles. The highest BCUT2D eigenvalue weighted by Crippen LogP contribution is 2.28. The Morgan fingerprint density at radius 1 is 1.30 bits per heavy atom. The first-order valence-electron chi connectivity index (χ1n) is 8.35. The zero-order chi connectivity index (χ0) is 16.9. The number of sulfonamides is 1. The molecule has 0 aromatic carbocycles. The van der Waals surface area contributed by atoms with E-state index in [2.05, 4.69) is 12.2 Å². The molecular formula is C16H26N2O3S2. The lowest BCUT2D eigenvalue weighted by molar-refractivity contribution is -0.126. The van der Waals surface area contributed by atoms with Gasteiger partial charge < -0.3 is 5.32 Å². The summed E-state index contributed by atoms with van der Waals surface area (Å²) in [4.78, 5) is 13.1.